The van der Waals surface area contributed by atoms with Crippen molar-refractivity contribution in [3.05, 3.63) is 40.8 Å². The van der Waals surface area contributed by atoms with E-state index in [1.165, 1.54) is 18.2 Å². The highest BCUT2D eigenvalue weighted by molar-refractivity contribution is 6.32. The molecule has 1 fully saturated rings. The molecule has 0 spiro atoms. The topological polar surface area (TPSA) is 135 Å². The first-order chi connectivity index (χ1) is 14.5. The minimum atomic E-state index is -1.39. The third kappa shape index (κ3) is 6.35. The van der Waals surface area contributed by atoms with Crippen molar-refractivity contribution in [3.63, 3.8) is 0 Å². The van der Waals surface area contributed by atoms with Gasteiger partial charge in [0.25, 0.3) is 0 Å². The molecule has 0 aromatic heterocycles. The van der Waals surface area contributed by atoms with Crippen molar-refractivity contribution >= 4 is 35.5 Å². The maximum atomic E-state index is 11.8. The molecule has 1 aromatic carbocycles. The SMILES string of the molecule is CC(=O)O/C=C1\O[C@@H](c2ccc(Cl)c(O)c2)[C@H](OC(C)=O)[C@@H](OC(C)=O)[C@@H]1OC(C)=O. The fraction of sp³-hybridized carbons (Fsp3) is 0.400. The zero-order valence-electron chi connectivity index (χ0n) is 17.1. The number of carbonyl (C=O) groups is 4. The molecule has 1 saturated heterocycles. The van der Waals surface area contributed by atoms with Crippen LogP contribution in [0.15, 0.2) is 30.2 Å². The predicted molar refractivity (Wildman–Crippen MR) is 103 cm³/mol. The monoisotopic (exact) mass is 456 g/mol. The van der Waals surface area contributed by atoms with Crippen LogP contribution in [0.3, 0.4) is 0 Å². The molecular weight excluding hydrogens is 436 g/mol. The molecule has 11 heteroatoms. The van der Waals surface area contributed by atoms with E-state index >= 15 is 0 Å². The standard InChI is InChI=1S/C20H21ClO10/c1-9(22)27-8-16-18(28-10(2)23)20(30-12(4)25)19(29-11(3)24)17(31-16)13-5-6-14(21)15(26)7-13/h5-8,17-20,26H,1-4H3/b16-8-/t17-,18+,19-,20-/m0/s1. The van der Waals surface area contributed by atoms with Crippen LogP contribution in [0.5, 0.6) is 5.75 Å². The van der Waals surface area contributed by atoms with Crippen molar-refractivity contribution < 1.29 is 48.0 Å². The molecule has 31 heavy (non-hydrogen) atoms. The summed E-state index contributed by atoms with van der Waals surface area (Å²) in [6, 6.07) is 4.14. The number of aromatic hydroxyl groups is 1. The van der Waals surface area contributed by atoms with Crippen LogP contribution in [0.4, 0.5) is 0 Å². The van der Waals surface area contributed by atoms with Gasteiger partial charge in [-0.15, -0.1) is 0 Å². The molecule has 168 valence electrons. The van der Waals surface area contributed by atoms with Crippen LogP contribution < -0.4 is 0 Å². The van der Waals surface area contributed by atoms with E-state index in [0.29, 0.717) is 5.56 Å². The molecular formula is C20H21ClO10. The first-order valence-electron chi connectivity index (χ1n) is 9.03. The highest BCUT2D eigenvalue weighted by Gasteiger charge is 2.51. The molecule has 10 nitrogen and oxygen atoms in total. The van der Waals surface area contributed by atoms with E-state index in [2.05, 4.69) is 0 Å². The van der Waals surface area contributed by atoms with E-state index in [1.54, 1.807) is 0 Å². The molecule has 1 aromatic rings. The first kappa shape index (κ1) is 24.0. The zero-order valence-corrected chi connectivity index (χ0v) is 17.9. The van der Waals surface area contributed by atoms with Crippen molar-refractivity contribution in [3.8, 4) is 5.75 Å². The Morgan fingerprint density at radius 1 is 0.935 bits per heavy atom. The van der Waals surface area contributed by atoms with Crippen LogP contribution >= 0.6 is 11.6 Å². The average molecular weight is 457 g/mol. The highest BCUT2D eigenvalue weighted by Crippen LogP contribution is 2.40. The van der Waals surface area contributed by atoms with E-state index in [9.17, 15) is 24.3 Å². The Morgan fingerprint density at radius 3 is 2.03 bits per heavy atom. The number of carbonyl (C=O) groups excluding carboxylic acids is 4. The maximum Gasteiger partial charge on any atom is 0.307 e. The van der Waals surface area contributed by atoms with Gasteiger partial charge in [-0.1, -0.05) is 17.7 Å². The Labute approximate surface area is 182 Å². The van der Waals surface area contributed by atoms with Crippen LogP contribution in [0.2, 0.25) is 5.02 Å². The van der Waals surface area contributed by atoms with Crippen LogP contribution in [0.1, 0.15) is 39.4 Å². The largest absolute Gasteiger partial charge is 0.506 e. The van der Waals surface area contributed by atoms with E-state index < -0.39 is 48.3 Å². The second-order valence-corrected chi connectivity index (χ2v) is 6.96. The Kier molecular flexibility index (Phi) is 7.87. The van der Waals surface area contributed by atoms with Gasteiger partial charge in [-0.2, -0.15) is 0 Å². The van der Waals surface area contributed by atoms with Gasteiger partial charge < -0.3 is 28.8 Å². The van der Waals surface area contributed by atoms with Crippen LogP contribution in [0, 0.1) is 0 Å². The number of phenols is 1. The fourth-order valence-corrected chi connectivity index (χ4v) is 3.05. The number of halogens is 1. The van der Waals surface area contributed by atoms with Gasteiger partial charge in [0.1, 0.15) is 12.0 Å². The molecule has 1 heterocycles. The molecule has 4 atom stereocenters. The summed E-state index contributed by atoms with van der Waals surface area (Å²) in [6.45, 7) is 4.50. The maximum absolute atomic E-state index is 11.8. The van der Waals surface area contributed by atoms with Crippen molar-refractivity contribution in [2.75, 3.05) is 0 Å². The lowest BCUT2D eigenvalue weighted by Gasteiger charge is -2.41. The number of rotatable bonds is 5. The predicted octanol–water partition coefficient (Wildman–Crippen LogP) is 2.32. The Morgan fingerprint density at radius 2 is 1.52 bits per heavy atom. The summed E-state index contributed by atoms with van der Waals surface area (Å²) in [6.07, 6.45) is -4.28. The summed E-state index contributed by atoms with van der Waals surface area (Å²) < 4.78 is 26.6. The average Bonchev–Trinajstić information content (AvgIpc) is 2.64. The van der Waals surface area contributed by atoms with Crippen LogP contribution in [-0.4, -0.2) is 47.3 Å². The van der Waals surface area contributed by atoms with E-state index in [0.717, 1.165) is 34.0 Å². The number of esters is 4. The second-order valence-electron chi connectivity index (χ2n) is 6.56. The molecule has 0 unspecified atom stereocenters. The van der Waals surface area contributed by atoms with Crippen molar-refractivity contribution in [1.29, 1.82) is 0 Å². The van der Waals surface area contributed by atoms with Gasteiger partial charge in [0, 0.05) is 27.7 Å². The van der Waals surface area contributed by atoms with Gasteiger partial charge in [0.05, 0.1) is 5.02 Å². The second kappa shape index (κ2) is 10.2. The Balaban J connectivity index is 2.63. The van der Waals surface area contributed by atoms with Crippen LogP contribution in [-0.2, 0) is 42.9 Å². The minimum absolute atomic E-state index is 0.0635. The molecule has 1 N–H and O–H groups in total. The smallest absolute Gasteiger partial charge is 0.307 e. The summed E-state index contributed by atoms with van der Waals surface area (Å²) in [5.41, 5.74) is 0.292. The van der Waals surface area contributed by atoms with Gasteiger partial charge in [-0.3, -0.25) is 19.2 Å². The molecule has 1 aliphatic rings. The number of hydrogen-bond acceptors (Lipinski definition) is 10. The van der Waals surface area contributed by atoms with Gasteiger partial charge in [0.2, 0.25) is 6.10 Å². The zero-order chi connectivity index (χ0) is 23.3. The van der Waals surface area contributed by atoms with Crippen molar-refractivity contribution in [2.24, 2.45) is 0 Å². The normalized spacial score (nSPS) is 24.0. The molecule has 0 amide bonds. The number of benzene rings is 1. The summed E-state index contributed by atoms with van der Waals surface area (Å²) in [5, 5.41) is 10.1. The summed E-state index contributed by atoms with van der Waals surface area (Å²) in [4.78, 5) is 46.5. The minimum Gasteiger partial charge on any atom is -0.506 e. The van der Waals surface area contributed by atoms with Crippen LogP contribution in [0.25, 0.3) is 0 Å². The van der Waals surface area contributed by atoms with Crippen molar-refractivity contribution in [2.45, 2.75) is 52.1 Å². The van der Waals surface area contributed by atoms with E-state index in [4.69, 9.17) is 35.3 Å². The van der Waals surface area contributed by atoms with E-state index in [-0.39, 0.29) is 16.5 Å². The molecule has 0 aliphatic carbocycles. The first-order valence-corrected chi connectivity index (χ1v) is 9.41. The molecule has 0 bridgehead atoms. The quantitative estimate of drug-likeness (QED) is 0.399. The third-order valence-corrected chi connectivity index (χ3v) is 4.32. The Hall–Kier alpha value is -3.27. The van der Waals surface area contributed by atoms with Crippen molar-refractivity contribution in [1.82, 2.24) is 0 Å². The lowest BCUT2D eigenvalue weighted by Crippen LogP contribution is -2.53. The number of ether oxygens (including phenoxy) is 5. The summed E-state index contributed by atoms with van der Waals surface area (Å²) in [7, 11) is 0. The van der Waals surface area contributed by atoms with Gasteiger partial charge in [0.15, 0.2) is 24.1 Å². The van der Waals surface area contributed by atoms with E-state index in [1.807, 2.05) is 0 Å². The lowest BCUT2D eigenvalue weighted by molar-refractivity contribution is -0.212. The van der Waals surface area contributed by atoms with Gasteiger partial charge >= 0.3 is 23.9 Å². The fourth-order valence-electron chi connectivity index (χ4n) is 2.93. The number of hydrogen-bond donors (Lipinski definition) is 1. The molecule has 1 aliphatic heterocycles. The third-order valence-electron chi connectivity index (χ3n) is 4.00. The molecule has 2 rings (SSSR count). The molecule has 0 saturated carbocycles. The highest BCUT2D eigenvalue weighted by atomic mass is 35.5. The summed E-state index contributed by atoms with van der Waals surface area (Å²) >= 11 is 5.86. The number of phenolic OH excluding ortho intramolecular Hbond substituents is 1. The summed E-state index contributed by atoms with van der Waals surface area (Å²) in [5.74, 6) is -3.40. The Bertz CT molecular complexity index is 909. The molecule has 0 radical (unpaired) electrons. The van der Waals surface area contributed by atoms with Gasteiger partial charge in [-0.05, 0) is 17.7 Å². The lowest BCUT2D eigenvalue weighted by atomic mass is 9.92. The van der Waals surface area contributed by atoms with Gasteiger partial charge in [-0.25, -0.2) is 0 Å².